The van der Waals surface area contributed by atoms with Gasteiger partial charge >= 0.3 is 0 Å². The molecule has 0 fully saturated rings. The van der Waals surface area contributed by atoms with Crippen LogP contribution in [0, 0.1) is 6.92 Å². The zero-order valence-electron chi connectivity index (χ0n) is 17.8. The van der Waals surface area contributed by atoms with Crippen molar-refractivity contribution in [3.8, 4) is 28.6 Å². The SMILES string of the molecule is COc1ccc(CNC(=O)c2cccc(Oc3ccnc(-c4cccnc4)c3)c2C)cn1. The second kappa shape index (κ2) is 9.70. The van der Waals surface area contributed by atoms with Gasteiger partial charge in [0.25, 0.3) is 5.91 Å². The highest BCUT2D eigenvalue weighted by molar-refractivity contribution is 5.96. The van der Waals surface area contributed by atoms with E-state index in [1.54, 1.807) is 56.2 Å². The van der Waals surface area contributed by atoms with Crippen LogP contribution >= 0.6 is 0 Å². The number of rotatable bonds is 7. The average molecular weight is 426 g/mol. The van der Waals surface area contributed by atoms with Crippen LogP contribution in [0.25, 0.3) is 11.3 Å². The molecule has 0 bridgehead atoms. The van der Waals surface area contributed by atoms with Gasteiger partial charge in [0.05, 0.1) is 12.8 Å². The number of aromatic nitrogens is 3. The smallest absolute Gasteiger partial charge is 0.251 e. The molecule has 0 saturated carbocycles. The van der Waals surface area contributed by atoms with Gasteiger partial charge < -0.3 is 14.8 Å². The molecule has 32 heavy (non-hydrogen) atoms. The van der Waals surface area contributed by atoms with Crippen LogP contribution in [0.4, 0.5) is 0 Å². The van der Waals surface area contributed by atoms with E-state index in [0.29, 0.717) is 29.5 Å². The van der Waals surface area contributed by atoms with E-state index in [-0.39, 0.29) is 5.91 Å². The van der Waals surface area contributed by atoms with Crippen molar-refractivity contribution in [1.82, 2.24) is 20.3 Å². The van der Waals surface area contributed by atoms with E-state index in [1.807, 2.05) is 37.3 Å². The molecule has 7 nitrogen and oxygen atoms in total. The van der Waals surface area contributed by atoms with E-state index in [2.05, 4.69) is 20.3 Å². The van der Waals surface area contributed by atoms with Gasteiger partial charge in [0.2, 0.25) is 5.88 Å². The zero-order chi connectivity index (χ0) is 22.3. The standard InChI is InChI=1S/C25H22N4O3/c1-17-21(25(30)29-15-18-8-9-24(31-2)28-14-18)6-3-7-23(17)32-20-10-12-27-22(13-20)19-5-4-11-26-16-19/h3-14,16H,15H2,1-2H3,(H,29,30). The summed E-state index contributed by atoms with van der Waals surface area (Å²) in [6.07, 6.45) is 6.83. The van der Waals surface area contributed by atoms with Crippen LogP contribution in [0.2, 0.25) is 0 Å². The lowest BCUT2D eigenvalue weighted by molar-refractivity contribution is 0.0950. The Kier molecular flexibility index (Phi) is 6.36. The minimum Gasteiger partial charge on any atom is -0.481 e. The first-order valence-corrected chi connectivity index (χ1v) is 10.0. The van der Waals surface area contributed by atoms with Crippen molar-refractivity contribution in [3.05, 3.63) is 96.1 Å². The summed E-state index contributed by atoms with van der Waals surface area (Å²) in [6.45, 7) is 2.22. The number of ether oxygens (including phenoxy) is 2. The molecule has 1 N–H and O–H groups in total. The molecule has 0 aliphatic rings. The van der Waals surface area contributed by atoms with Gasteiger partial charge in [-0.2, -0.15) is 0 Å². The Balaban J connectivity index is 1.48. The predicted molar refractivity (Wildman–Crippen MR) is 121 cm³/mol. The summed E-state index contributed by atoms with van der Waals surface area (Å²) in [4.78, 5) is 25.4. The highest BCUT2D eigenvalue weighted by Crippen LogP contribution is 2.29. The maximum absolute atomic E-state index is 12.8. The Morgan fingerprint density at radius 1 is 1.00 bits per heavy atom. The first kappa shape index (κ1) is 21.0. The average Bonchev–Trinajstić information content (AvgIpc) is 2.85. The maximum Gasteiger partial charge on any atom is 0.251 e. The van der Waals surface area contributed by atoms with Crippen LogP contribution in [-0.2, 0) is 6.54 Å². The summed E-state index contributed by atoms with van der Waals surface area (Å²) < 4.78 is 11.1. The van der Waals surface area contributed by atoms with Crippen molar-refractivity contribution in [1.29, 1.82) is 0 Å². The normalized spacial score (nSPS) is 10.4. The Labute approximate surface area is 186 Å². The molecule has 0 atom stereocenters. The molecule has 3 aromatic heterocycles. The van der Waals surface area contributed by atoms with Gasteiger partial charge in [-0.1, -0.05) is 12.1 Å². The summed E-state index contributed by atoms with van der Waals surface area (Å²) in [5.74, 6) is 1.58. The molecule has 7 heteroatoms. The molecule has 160 valence electrons. The third-order valence-electron chi connectivity index (χ3n) is 4.91. The quantitative estimate of drug-likeness (QED) is 0.466. The number of hydrogen-bond acceptors (Lipinski definition) is 6. The molecule has 1 amide bonds. The molecule has 0 unspecified atom stereocenters. The van der Waals surface area contributed by atoms with E-state index in [9.17, 15) is 4.79 Å². The molecule has 0 aliphatic carbocycles. The van der Waals surface area contributed by atoms with Gasteiger partial charge in [-0.15, -0.1) is 0 Å². The lowest BCUT2D eigenvalue weighted by Gasteiger charge is -2.13. The van der Waals surface area contributed by atoms with Crippen molar-refractivity contribution in [2.75, 3.05) is 7.11 Å². The number of hydrogen-bond donors (Lipinski definition) is 1. The minimum absolute atomic E-state index is 0.186. The third kappa shape index (κ3) is 4.89. The summed E-state index contributed by atoms with van der Waals surface area (Å²) >= 11 is 0. The van der Waals surface area contributed by atoms with E-state index in [4.69, 9.17) is 9.47 Å². The van der Waals surface area contributed by atoms with Gasteiger partial charge in [-0.05, 0) is 42.8 Å². The summed E-state index contributed by atoms with van der Waals surface area (Å²) in [5, 5.41) is 2.92. The molecule has 4 aromatic rings. The number of nitrogens with zero attached hydrogens (tertiary/aromatic N) is 3. The largest absolute Gasteiger partial charge is 0.481 e. The molecule has 0 aliphatic heterocycles. The number of carbonyl (C=O) groups excluding carboxylic acids is 1. The second-order valence-corrected chi connectivity index (χ2v) is 7.04. The number of nitrogens with one attached hydrogen (secondary N) is 1. The van der Waals surface area contributed by atoms with Crippen molar-refractivity contribution in [2.45, 2.75) is 13.5 Å². The van der Waals surface area contributed by atoms with Crippen LogP contribution < -0.4 is 14.8 Å². The molecule has 3 heterocycles. The fourth-order valence-electron chi connectivity index (χ4n) is 3.16. The topological polar surface area (TPSA) is 86.2 Å². The number of carbonyl (C=O) groups is 1. The summed E-state index contributed by atoms with van der Waals surface area (Å²) in [5.41, 5.74) is 3.83. The lowest BCUT2D eigenvalue weighted by Crippen LogP contribution is -2.23. The van der Waals surface area contributed by atoms with Crippen molar-refractivity contribution in [2.24, 2.45) is 0 Å². The maximum atomic E-state index is 12.8. The first-order chi connectivity index (χ1) is 15.6. The fourth-order valence-corrected chi connectivity index (χ4v) is 3.16. The second-order valence-electron chi connectivity index (χ2n) is 7.04. The van der Waals surface area contributed by atoms with Crippen molar-refractivity contribution in [3.63, 3.8) is 0 Å². The van der Waals surface area contributed by atoms with E-state index in [1.165, 1.54) is 0 Å². The van der Waals surface area contributed by atoms with Gasteiger partial charge in [0, 0.05) is 60.2 Å². The monoisotopic (exact) mass is 426 g/mol. The molecule has 4 rings (SSSR count). The van der Waals surface area contributed by atoms with Gasteiger partial charge in [0.1, 0.15) is 11.5 Å². The number of amides is 1. The van der Waals surface area contributed by atoms with Gasteiger partial charge in [-0.3, -0.25) is 14.8 Å². The number of pyridine rings is 3. The van der Waals surface area contributed by atoms with Gasteiger partial charge in [-0.25, -0.2) is 4.98 Å². The predicted octanol–water partition coefficient (Wildman–Crippen LogP) is 4.58. The van der Waals surface area contributed by atoms with Crippen LogP contribution in [0.3, 0.4) is 0 Å². The van der Waals surface area contributed by atoms with Crippen LogP contribution in [0.1, 0.15) is 21.5 Å². The van der Waals surface area contributed by atoms with Crippen molar-refractivity contribution < 1.29 is 14.3 Å². The number of methoxy groups -OCH3 is 1. The molecule has 0 radical (unpaired) electrons. The molecular formula is C25H22N4O3. The third-order valence-corrected chi connectivity index (χ3v) is 4.91. The zero-order valence-corrected chi connectivity index (χ0v) is 17.8. The summed E-state index contributed by atoms with van der Waals surface area (Å²) in [6, 6.07) is 16.5. The summed E-state index contributed by atoms with van der Waals surface area (Å²) in [7, 11) is 1.56. The Bertz CT molecular complexity index is 1210. The molecule has 1 aromatic carbocycles. The number of benzene rings is 1. The van der Waals surface area contributed by atoms with E-state index < -0.39 is 0 Å². The first-order valence-electron chi connectivity index (χ1n) is 10.0. The highest BCUT2D eigenvalue weighted by atomic mass is 16.5. The van der Waals surface area contributed by atoms with E-state index >= 15 is 0 Å². The molecule has 0 saturated heterocycles. The molecule has 0 spiro atoms. The van der Waals surface area contributed by atoms with Crippen LogP contribution in [0.15, 0.2) is 79.4 Å². The molecular weight excluding hydrogens is 404 g/mol. The minimum atomic E-state index is -0.186. The van der Waals surface area contributed by atoms with E-state index in [0.717, 1.165) is 22.4 Å². The van der Waals surface area contributed by atoms with Crippen LogP contribution in [0.5, 0.6) is 17.4 Å². The van der Waals surface area contributed by atoms with Crippen molar-refractivity contribution >= 4 is 5.91 Å². The Morgan fingerprint density at radius 3 is 2.66 bits per heavy atom. The van der Waals surface area contributed by atoms with Crippen LogP contribution in [-0.4, -0.2) is 28.0 Å². The van der Waals surface area contributed by atoms with Gasteiger partial charge in [0.15, 0.2) is 0 Å². The highest BCUT2D eigenvalue weighted by Gasteiger charge is 2.13. The lowest BCUT2D eigenvalue weighted by atomic mass is 10.1. The Hall–Kier alpha value is -4.26. The fraction of sp³-hybridized carbons (Fsp3) is 0.120. The Morgan fingerprint density at radius 2 is 1.91 bits per heavy atom.